The average molecular weight is 427 g/mol. The molecule has 31 heavy (non-hydrogen) atoms. The number of hydrogen-bond donors (Lipinski definition) is 1. The third-order valence-corrected chi connectivity index (χ3v) is 11.3. The molecule has 4 rings (SSSR count). The number of rotatable bonds is 7. The first-order valence-electron chi connectivity index (χ1n) is 13.8. The fourth-order valence-electron chi connectivity index (χ4n) is 9.30. The largest absolute Gasteiger partial charge is 0.393 e. The van der Waals surface area contributed by atoms with Crippen LogP contribution >= 0.6 is 0 Å². The van der Waals surface area contributed by atoms with E-state index in [4.69, 9.17) is 0 Å². The van der Waals surface area contributed by atoms with Crippen LogP contribution in [0.2, 0.25) is 0 Å². The van der Waals surface area contributed by atoms with Gasteiger partial charge in [0.15, 0.2) is 0 Å². The Morgan fingerprint density at radius 3 is 2.55 bits per heavy atom. The molecule has 0 amide bonds. The van der Waals surface area contributed by atoms with Gasteiger partial charge in [0.05, 0.1) is 6.10 Å². The summed E-state index contributed by atoms with van der Waals surface area (Å²) in [6.07, 6.45) is 17.8. The zero-order chi connectivity index (χ0) is 22.4. The molecule has 0 saturated heterocycles. The molecule has 0 aliphatic heterocycles. The highest BCUT2D eigenvalue weighted by Gasteiger charge is 2.59. The molecule has 3 fully saturated rings. The fourth-order valence-corrected chi connectivity index (χ4v) is 9.30. The van der Waals surface area contributed by atoms with Crippen LogP contribution in [0.5, 0.6) is 0 Å². The summed E-state index contributed by atoms with van der Waals surface area (Å²) in [4.78, 5) is 0. The number of aliphatic hydroxyl groups is 1. The summed E-state index contributed by atoms with van der Waals surface area (Å²) in [5.41, 5.74) is 4.05. The molecule has 0 aromatic heterocycles. The van der Waals surface area contributed by atoms with Crippen molar-refractivity contribution in [1.82, 2.24) is 0 Å². The van der Waals surface area contributed by atoms with Gasteiger partial charge in [0.25, 0.3) is 0 Å². The molecule has 0 radical (unpaired) electrons. The lowest BCUT2D eigenvalue weighted by Gasteiger charge is -2.58. The molecule has 1 nitrogen and oxygen atoms in total. The molecule has 4 aliphatic carbocycles. The smallest absolute Gasteiger partial charge is 0.0577 e. The highest BCUT2D eigenvalue weighted by molar-refractivity contribution is 5.25. The van der Waals surface area contributed by atoms with Crippen molar-refractivity contribution in [1.29, 1.82) is 0 Å². The first-order chi connectivity index (χ1) is 14.7. The van der Waals surface area contributed by atoms with Crippen LogP contribution in [0.3, 0.4) is 0 Å². The number of fused-ring (bicyclic) bond motifs is 5. The van der Waals surface area contributed by atoms with E-state index in [1.54, 1.807) is 5.57 Å². The Labute approximate surface area is 193 Å². The van der Waals surface area contributed by atoms with Crippen LogP contribution < -0.4 is 0 Å². The van der Waals surface area contributed by atoms with Crippen LogP contribution in [0.25, 0.3) is 0 Å². The average Bonchev–Trinajstić information content (AvgIpc) is 3.10. The van der Waals surface area contributed by atoms with Crippen molar-refractivity contribution in [2.24, 2.45) is 46.3 Å². The van der Waals surface area contributed by atoms with Crippen LogP contribution in [-0.4, -0.2) is 11.2 Å². The van der Waals surface area contributed by atoms with E-state index in [0.717, 1.165) is 48.3 Å². The summed E-state index contributed by atoms with van der Waals surface area (Å²) in [5, 5.41) is 10.3. The van der Waals surface area contributed by atoms with Crippen molar-refractivity contribution in [3.05, 3.63) is 23.8 Å². The molecule has 0 aromatic rings. The van der Waals surface area contributed by atoms with Crippen LogP contribution in [0.1, 0.15) is 112 Å². The van der Waals surface area contributed by atoms with Crippen LogP contribution in [0, 0.1) is 46.3 Å². The number of aliphatic hydroxyl groups excluding tert-OH is 1. The second-order valence-electron chi connectivity index (χ2n) is 12.6. The predicted molar refractivity (Wildman–Crippen MR) is 133 cm³/mol. The van der Waals surface area contributed by atoms with Crippen molar-refractivity contribution in [2.75, 3.05) is 0 Å². The fraction of sp³-hybridized carbons (Fsp3) is 0.867. The Balaban J connectivity index is 1.45. The van der Waals surface area contributed by atoms with Gasteiger partial charge in [-0.25, -0.2) is 0 Å². The van der Waals surface area contributed by atoms with Crippen molar-refractivity contribution in [2.45, 2.75) is 118 Å². The van der Waals surface area contributed by atoms with Gasteiger partial charge in [-0.2, -0.15) is 0 Å². The summed E-state index contributed by atoms with van der Waals surface area (Å²) < 4.78 is 0. The minimum absolute atomic E-state index is 0.0868. The standard InChI is InChI=1S/C30H50O/c1-7-22(8-2)20(3)9-10-21(4)26-13-14-27-25-12-11-23-19-24(31)15-17-29(23,5)28(25)16-18-30(26,27)6/h11,21-22,24-28,31H,3,7-10,12-19H2,1-2,4-6H3/t21?,24-,25?,26+,27?,28?,29-,30+/m0/s1. The predicted octanol–water partition coefficient (Wildman–Crippen LogP) is 8.34. The van der Waals surface area contributed by atoms with Crippen LogP contribution in [-0.2, 0) is 0 Å². The number of hydrogen-bond acceptors (Lipinski definition) is 1. The van der Waals surface area contributed by atoms with Gasteiger partial charge in [-0.1, -0.05) is 58.4 Å². The van der Waals surface area contributed by atoms with Crippen LogP contribution in [0.15, 0.2) is 23.8 Å². The van der Waals surface area contributed by atoms with E-state index in [0.29, 0.717) is 10.8 Å². The third-order valence-electron chi connectivity index (χ3n) is 11.3. The molecule has 4 unspecified atom stereocenters. The maximum Gasteiger partial charge on any atom is 0.0577 e. The molecule has 8 atom stereocenters. The van der Waals surface area contributed by atoms with Gasteiger partial charge in [0.2, 0.25) is 0 Å². The quantitative estimate of drug-likeness (QED) is 0.406. The van der Waals surface area contributed by atoms with Crippen molar-refractivity contribution < 1.29 is 5.11 Å². The third kappa shape index (κ3) is 4.00. The molecule has 3 saturated carbocycles. The summed E-state index contributed by atoms with van der Waals surface area (Å²) in [5.74, 6) is 5.13. The first kappa shape index (κ1) is 23.6. The van der Waals surface area contributed by atoms with E-state index in [1.165, 1.54) is 69.8 Å². The SMILES string of the molecule is C=C(CCC(C)[C@H]1CCC2C3CC=C4C[C@@H](O)CC[C@]4(C)C3CC[C@@]21C)C(CC)CC. The summed E-state index contributed by atoms with van der Waals surface area (Å²) in [7, 11) is 0. The van der Waals surface area contributed by atoms with E-state index in [2.05, 4.69) is 47.3 Å². The molecule has 0 aromatic carbocycles. The van der Waals surface area contributed by atoms with Crippen molar-refractivity contribution in [3.63, 3.8) is 0 Å². The van der Waals surface area contributed by atoms with Crippen LogP contribution in [0.4, 0.5) is 0 Å². The zero-order valence-corrected chi connectivity index (χ0v) is 21.3. The molecule has 0 bridgehead atoms. The molecular weight excluding hydrogens is 376 g/mol. The Hall–Kier alpha value is -0.560. The van der Waals surface area contributed by atoms with Gasteiger partial charge in [-0.3, -0.25) is 0 Å². The van der Waals surface area contributed by atoms with Gasteiger partial charge >= 0.3 is 0 Å². The van der Waals surface area contributed by atoms with Crippen molar-refractivity contribution >= 4 is 0 Å². The first-order valence-corrected chi connectivity index (χ1v) is 13.8. The minimum atomic E-state index is -0.0868. The Kier molecular flexibility index (Phi) is 6.85. The van der Waals surface area contributed by atoms with Gasteiger partial charge in [0.1, 0.15) is 0 Å². The Morgan fingerprint density at radius 1 is 1.10 bits per heavy atom. The summed E-state index contributed by atoms with van der Waals surface area (Å²) in [6, 6.07) is 0. The van der Waals surface area contributed by atoms with Crippen molar-refractivity contribution in [3.8, 4) is 0 Å². The number of allylic oxidation sites excluding steroid dienone is 2. The molecule has 1 heteroatoms. The lowest BCUT2D eigenvalue weighted by Crippen LogP contribution is -2.50. The molecule has 0 heterocycles. The van der Waals surface area contributed by atoms with E-state index >= 15 is 0 Å². The Bertz CT molecular complexity index is 687. The second-order valence-corrected chi connectivity index (χ2v) is 12.6. The molecule has 176 valence electrons. The highest BCUT2D eigenvalue weighted by atomic mass is 16.3. The van der Waals surface area contributed by atoms with E-state index < -0.39 is 0 Å². The normalized spacial score (nSPS) is 43.1. The van der Waals surface area contributed by atoms with E-state index in [9.17, 15) is 5.11 Å². The molecular formula is C30H50O. The summed E-state index contributed by atoms with van der Waals surface area (Å²) >= 11 is 0. The lowest BCUT2D eigenvalue weighted by molar-refractivity contribution is -0.0571. The lowest BCUT2D eigenvalue weighted by atomic mass is 9.47. The summed E-state index contributed by atoms with van der Waals surface area (Å²) in [6.45, 7) is 16.9. The second kappa shape index (κ2) is 9.00. The molecule has 0 spiro atoms. The maximum absolute atomic E-state index is 10.3. The minimum Gasteiger partial charge on any atom is -0.393 e. The van der Waals surface area contributed by atoms with Gasteiger partial charge < -0.3 is 5.11 Å². The Morgan fingerprint density at radius 2 is 1.84 bits per heavy atom. The molecule has 1 N–H and O–H groups in total. The maximum atomic E-state index is 10.3. The van der Waals surface area contributed by atoms with Gasteiger partial charge in [-0.15, -0.1) is 0 Å². The highest BCUT2D eigenvalue weighted by Crippen LogP contribution is 2.67. The van der Waals surface area contributed by atoms with E-state index in [-0.39, 0.29) is 6.10 Å². The monoisotopic (exact) mass is 426 g/mol. The van der Waals surface area contributed by atoms with E-state index in [1.807, 2.05) is 0 Å². The molecule has 4 aliphatic rings. The van der Waals surface area contributed by atoms with Gasteiger partial charge in [0, 0.05) is 0 Å². The zero-order valence-electron chi connectivity index (χ0n) is 21.3. The topological polar surface area (TPSA) is 20.2 Å². The van der Waals surface area contributed by atoms with Gasteiger partial charge in [-0.05, 0) is 123 Å².